The number of halogens is 3. The molecule has 6 nitrogen and oxygen atoms in total. The summed E-state index contributed by atoms with van der Waals surface area (Å²) in [6.45, 7) is 1.63. The number of aryl methyl sites for hydroxylation is 1. The van der Waals surface area contributed by atoms with Crippen molar-refractivity contribution >= 4 is 57.9 Å². The maximum Gasteiger partial charge on any atom is 0.278 e. The maximum atomic E-state index is 13.5. The van der Waals surface area contributed by atoms with E-state index in [1.54, 1.807) is 19.1 Å². The first-order valence-corrected chi connectivity index (χ1v) is 10.0. The summed E-state index contributed by atoms with van der Waals surface area (Å²) in [6, 6.07) is 5.95. The number of aromatic amines is 1. The molecule has 2 N–H and O–H groups in total. The van der Waals surface area contributed by atoms with Crippen LogP contribution in [0.5, 0.6) is 0 Å². The molecule has 0 spiro atoms. The Morgan fingerprint density at radius 3 is 2.74 bits per heavy atom. The van der Waals surface area contributed by atoms with Crippen LogP contribution < -0.4 is 10.9 Å². The molecule has 0 radical (unpaired) electrons. The van der Waals surface area contributed by atoms with Crippen LogP contribution in [-0.4, -0.2) is 26.8 Å². The van der Waals surface area contributed by atoms with Crippen molar-refractivity contribution in [2.75, 3.05) is 11.1 Å². The van der Waals surface area contributed by atoms with Crippen LogP contribution in [0.2, 0.25) is 8.67 Å². The first-order valence-electron chi connectivity index (χ1n) is 7.44. The van der Waals surface area contributed by atoms with E-state index in [4.69, 9.17) is 23.2 Å². The zero-order valence-electron chi connectivity index (χ0n) is 13.7. The molecule has 0 saturated carbocycles. The van der Waals surface area contributed by atoms with E-state index in [-0.39, 0.29) is 22.5 Å². The van der Waals surface area contributed by atoms with Crippen molar-refractivity contribution in [1.29, 1.82) is 0 Å². The second-order valence-corrected chi connectivity index (χ2v) is 8.60. The smallest absolute Gasteiger partial charge is 0.278 e. The Kier molecular flexibility index (Phi) is 6.15. The highest BCUT2D eigenvalue weighted by molar-refractivity contribution is 7.99. The van der Waals surface area contributed by atoms with E-state index in [0.717, 1.165) is 23.1 Å². The Balaban J connectivity index is 1.65. The molecule has 0 aliphatic rings. The van der Waals surface area contributed by atoms with Crippen molar-refractivity contribution in [1.82, 2.24) is 15.2 Å². The Morgan fingerprint density at radius 1 is 1.33 bits per heavy atom. The highest BCUT2D eigenvalue weighted by atomic mass is 35.5. The number of aromatic nitrogens is 3. The molecule has 0 fully saturated rings. The molecule has 2 heterocycles. The van der Waals surface area contributed by atoms with Crippen molar-refractivity contribution in [2.24, 2.45) is 0 Å². The number of nitrogens with zero attached hydrogens (tertiary/aromatic N) is 2. The SMILES string of the molecule is Cc1ccc(NC(=O)CSc2nnc(-c3cc(Cl)sc3Cl)c(=O)[nH]2)cc1F. The molecular formula is C16H11Cl2FN4O2S2. The predicted octanol–water partition coefficient (Wildman–Crippen LogP) is 4.38. The second-order valence-electron chi connectivity index (χ2n) is 5.35. The number of thiophene rings is 1. The number of anilines is 1. The fourth-order valence-corrected chi connectivity index (χ4v) is 4.14. The largest absolute Gasteiger partial charge is 0.325 e. The molecule has 0 atom stereocenters. The molecule has 0 aliphatic heterocycles. The van der Waals surface area contributed by atoms with Crippen LogP contribution in [0.1, 0.15) is 5.56 Å². The molecule has 3 rings (SSSR count). The summed E-state index contributed by atoms with van der Waals surface area (Å²) in [7, 11) is 0. The van der Waals surface area contributed by atoms with E-state index in [0.29, 0.717) is 25.5 Å². The topological polar surface area (TPSA) is 87.7 Å². The van der Waals surface area contributed by atoms with Crippen molar-refractivity contribution in [2.45, 2.75) is 12.1 Å². The van der Waals surface area contributed by atoms with Gasteiger partial charge in [-0.15, -0.1) is 21.5 Å². The number of nitrogens with one attached hydrogen (secondary N) is 2. The highest BCUT2D eigenvalue weighted by Gasteiger charge is 2.15. The van der Waals surface area contributed by atoms with Gasteiger partial charge in [-0.2, -0.15) is 0 Å². The third-order valence-corrected chi connectivity index (χ3v) is 5.74. The molecule has 27 heavy (non-hydrogen) atoms. The molecule has 0 unspecified atom stereocenters. The second kappa shape index (κ2) is 8.39. The van der Waals surface area contributed by atoms with Gasteiger partial charge in [0, 0.05) is 11.3 Å². The Labute approximate surface area is 171 Å². The van der Waals surface area contributed by atoms with Gasteiger partial charge in [-0.25, -0.2) is 4.39 Å². The third-order valence-electron chi connectivity index (χ3n) is 3.38. The van der Waals surface area contributed by atoms with E-state index >= 15 is 0 Å². The molecule has 0 bridgehead atoms. The molecule has 2 aromatic heterocycles. The van der Waals surface area contributed by atoms with Gasteiger partial charge in [0.1, 0.15) is 10.2 Å². The van der Waals surface area contributed by atoms with Gasteiger partial charge >= 0.3 is 0 Å². The Morgan fingerprint density at radius 2 is 2.11 bits per heavy atom. The van der Waals surface area contributed by atoms with E-state index in [1.807, 2.05) is 0 Å². The number of rotatable bonds is 5. The molecule has 1 amide bonds. The van der Waals surface area contributed by atoms with Crippen molar-refractivity contribution < 1.29 is 9.18 Å². The van der Waals surface area contributed by atoms with E-state index < -0.39 is 11.4 Å². The Hall–Kier alpha value is -1.94. The summed E-state index contributed by atoms with van der Waals surface area (Å²) in [6.07, 6.45) is 0. The fraction of sp³-hybridized carbons (Fsp3) is 0.125. The molecule has 3 aromatic rings. The summed E-state index contributed by atoms with van der Waals surface area (Å²) in [5.41, 5.74) is 0.790. The summed E-state index contributed by atoms with van der Waals surface area (Å²) in [5, 5.41) is 10.5. The minimum Gasteiger partial charge on any atom is -0.325 e. The average molecular weight is 445 g/mol. The number of hydrogen-bond donors (Lipinski definition) is 2. The number of hydrogen-bond acceptors (Lipinski definition) is 6. The normalized spacial score (nSPS) is 10.8. The zero-order chi connectivity index (χ0) is 19.6. The minimum absolute atomic E-state index is 0.0372. The van der Waals surface area contributed by atoms with Gasteiger partial charge in [-0.05, 0) is 30.7 Å². The lowest BCUT2D eigenvalue weighted by atomic mass is 10.2. The molecule has 0 aliphatic carbocycles. The van der Waals surface area contributed by atoms with E-state index in [2.05, 4.69) is 20.5 Å². The van der Waals surface area contributed by atoms with Gasteiger partial charge < -0.3 is 5.32 Å². The predicted molar refractivity (Wildman–Crippen MR) is 106 cm³/mol. The van der Waals surface area contributed by atoms with Gasteiger partial charge in [0.05, 0.1) is 10.1 Å². The molecular weight excluding hydrogens is 434 g/mol. The number of carbonyl (C=O) groups excluding carboxylic acids is 1. The number of benzene rings is 1. The van der Waals surface area contributed by atoms with Gasteiger partial charge in [0.15, 0.2) is 10.9 Å². The maximum absolute atomic E-state index is 13.5. The van der Waals surface area contributed by atoms with Gasteiger partial charge in [-0.3, -0.25) is 14.6 Å². The van der Waals surface area contributed by atoms with Crippen LogP contribution >= 0.6 is 46.3 Å². The number of carbonyl (C=O) groups is 1. The van der Waals surface area contributed by atoms with Crippen LogP contribution in [0.4, 0.5) is 10.1 Å². The lowest BCUT2D eigenvalue weighted by Crippen LogP contribution is -2.17. The zero-order valence-corrected chi connectivity index (χ0v) is 16.8. The van der Waals surface area contributed by atoms with E-state index in [1.165, 1.54) is 12.1 Å². The third kappa shape index (κ3) is 4.86. The standard InChI is InChI=1S/C16H11Cl2FN4O2S2/c1-7-2-3-8(4-10(7)19)20-12(24)6-26-16-21-15(25)13(22-23-16)9-5-11(17)27-14(9)18/h2-5H,6H2,1H3,(H,20,24)(H,21,23,25). The van der Waals surface area contributed by atoms with Crippen molar-refractivity contribution in [3.8, 4) is 11.3 Å². The highest BCUT2D eigenvalue weighted by Crippen LogP contribution is 2.35. The molecule has 1 aromatic carbocycles. The summed E-state index contributed by atoms with van der Waals surface area (Å²) >= 11 is 14.0. The molecule has 0 saturated heterocycles. The van der Waals surface area contributed by atoms with Crippen LogP contribution in [0, 0.1) is 12.7 Å². The van der Waals surface area contributed by atoms with Crippen LogP contribution in [0.15, 0.2) is 34.2 Å². The van der Waals surface area contributed by atoms with Gasteiger partial charge in [0.25, 0.3) is 5.56 Å². The first-order chi connectivity index (χ1) is 12.8. The monoisotopic (exact) mass is 444 g/mol. The number of amides is 1. The van der Waals surface area contributed by atoms with Crippen LogP contribution in [0.25, 0.3) is 11.3 Å². The number of H-pyrrole nitrogens is 1. The summed E-state index contributed by atoms with van der Waals surface area (Å²) in [5.74, 6) is -0.814. The van der Waals surface area contributed by atoms with Gasteiger partial charge in [0.2, 0.25) is 5.91 Å². The molecule has 11 heteroatoms. The van der Waals surface area contributed by atoms with Crippen molar-refractivity contribution in [3.05, 3.63) is 54.7 Å². The summed E-state index contributed by atoms with van der Waals surface area (Å²) < 4.78 is 14.3. The van der Waals surface area contributed by atoms with Crippen molar-refractivity contribution in [3.63, 3.8) is 0 Å². The first kappa shape index (κ1) is 19.8. The minimum atomic E-state index is -0.495. The lowest BCUT2D eigenvalue weighted by Gasteiger charge is -2.06. The Bertz CT molecular complexity index is 1070. The lowest BCUT2D eigenvalue weighted by molar-refractivity contribution is -0.113. The van der Waals surface area contributed by atoms with Crippen LogP contribution in [-0.2, 0) is 4.79 Å². The van der Waals surface area contributed by atoms with Crippen LogP contribution in [0.3, 0.4) is 0 Å². The van der Waals surface area contributed by atoms with Gasteiger partial charge in [-0.1, -0.05) is 41.0 Å². The van der Waals surface area contributed by atoms with E-state index in [9.17, 15) is 14.0 Å². The average Bonchev–Trinajstić information content (AvgIpc) is 2.94. The quantitative estimate of drug-likeness (QED) is 0.570. The molecule has 140 valence electrons. The number of thioether (sulfide) groups is 1. The fourth-order valence-electron chi connectivity index (χ4n) is 2.07. The summed E-state index contributed by atoms with van der Waals surface area (Å²) in [4.78, 5) is 26.7.